The summed E-state index contributed by atoms with van der Waals surface area (Å²) in [6.45, 7) is 7.93. The second-order valence-corrected chi connectivity index (χ2v) is 9.03. The van der Waals surface area contributed by atoms with Gasteiger partial charge in [0.2, 0.25) is 0 Å². The van der Waals surface area contributed by atoms with E-state index in [1.165, 1.54) is 0 Å². The third-order valence-corrected chi connectivity index (χ3v) is 6.42. The van der Waals surface area contributed by atoms with Crippen molar-refractivity contribution in [2.45, 2.75) is 38.5 Å². The molecule has 5 nitrogen and oxygen atoms in total. The summed E-state index contributed by atoms with van der Waals surface area (Å²) >= 11 is 5.99. The highest BCUT2D eigenvalue weighted by molar-refractivity contribution is 7.86. The van der Waals surface area contributed by atoms with Gasteiger partial charge in [0.05, 0.1) is 6.61 Å². The average molecular weight is 373 g/mol. The van der Waals surface area contributed by atoms with E-state index in [2.05, 4.69) is 5.32 Å². The molecule has 0 aliphatic carbocycles. The number of rotatable bonds is 4. The quantitative estimate of drug-likeness (QED) is 0.883. The highest BCUT2D eigenvalue weighted by Gasteiger charge is 2.31. The van der Waals surface area contributed by atoms with Gasteiger partial charge in [0.1, 0.15) is 5.75 Å². The van der Waals surface area contributed by atoms with Crippen LogP contribution < -0.4 is 10.1 Å². The number of ether oxygens (including phenoxy) is 1. The monoisotopic (exact) mass is 372 g/mol. The minimum absolute atomic E-state index is 0.137. The van der Waals surface area contributed by atoms with Gasteiger partial charge in [-0.3, -0.25) is 4.21 Å². The van der Waals surface area contributed by atoms with E-state index in [4.69, 9.17) is 16.3 Å². The van der Waals surface area contributed by atoms with Gasteiger partial charge in [-0.2, -0.15) is 0 Å². The van der Waals surface area contributed by atoms with Crippen molar-refractivity contribution in [1.82, 2.24) is 10.2 Å². The molecule has 7 heteroatoms. The van der Waals surface area contributed by atoms with Crippen LogP contribution in [0, 0.1) is 0 Å². The topological polar surface area (TPSA) is 58.6 Å². The van der Waals surface area contributed by atoms with Gasteiger partial charge in [-0.1, -0.05) is 17.7 Å². The third kappa shape index (κ3) is 4.86. The summed E-state index contributed by atoms with van der Waals surface area (Å²) < 4.78 is 17.5. The molecule has 2 rings (SSSR count). The molecule has 0 spiro atoms. The molecule has 1 aromatic rings. The van der Waals surface area contributed by atoms with E-state index in [0.29, 0.717) is 42.8 Å². The lowest BCUT2D eigenvalue weighted by Gasteiger charge is -2.23. The molecular weight excluding hydrogens is 348 g/mol. The standard InChI is InChI=1S/C17H25ClN2O3S/c1-4-23-15-11-14(18)6-5-13(15)12-19-16(21)20-8-7-17(2,3)24(22)10-9-20/h5-6,11H,4,7-10,12H2,1-3H3,(H,19,21). The molecule has 1 aliphatic rings. The largest absolute Gasteiger partial charge is 0.493 e. The lowest BCUT2D eigenvalue weighted by atomic mass is 10.1. The Morgan fingerprint density at radius 3 is 2.88 bits per heavy atom. The van der Waals surface area contributed by atoms with Crippen LogP contribution in [0.25, 0.3) is 0 Å². The second-order valence-electron chi connectivity index (χ2n) is 6.39. The SMILES string of the molecule is CCOc1cc(Cl)ccc1CNC(=O)N1CCS(=O)C(C)(C)CC1. The molecule has 1 atom stereocenters. The average Bonchev–Trinajstić information content (AvgIpc) is 2.66. The molecule has 1 heterocycles. The number of hydrogen-bond acceptors (Lipinski definition) is 3. The molecule has 0 saturated carbocycles. The van der Waals surface area contributed by atoms with Gasteiger partial charge in [0, 0.05) is 51.5 Å². The Morgan fingerprint density at radius 1 is 1.42 bits per heavy atom. The smallest absolute Gasteiger partial charge is 0.317 e. The molecule has 2 amide bonds. The van der Waals surface area contributed by atoms with Gasteiger partial charge in [0.25, 0.3) is 0 Å². The van der Waals surface area contributed by atoms with Gasteiger partial charge in [-0.05, 0) is 39.3 Å². The lowest BCUT2D eigenvalue weighted by molar-refractivity contribution is 0.199. The Kier molecular flexibility index (Phi) is 6.52. The van der Waals surface area contributed by atoms with Crippen molar-refractivity contribution < 1.29 is 13.7 Å². The summed E-state index contributed by atoms with van der Waals surface area (Å²) in [4.78, 5) is 14.2. The molecule has 0 aromatic heterocycles. The van der Waals surface area contributed by atoms with Gasteiger partial charge in [-0.25, -0.2) is 4.79 Å². The van der Waals surface area contributed by atoms with E-state index in [1.54, 1.807) is 17.0 Å². The van der Waals surface area contributed by atoms with Crippen molar-refractivity contribution in [3.05, 3.63) is 28.8 Å². The summed E-state index contributed by atoms with van der Waals surface area (Å²) in [6, 6.07) is 5.25. The third-order valence-electron chi connectivity index (χ3n) is 4.19. The number of nitrogens with zero attached hydrogens (tertiary/aromatic N) is 1. The fourth-order valence-corrected chi connectivity index (χ4v) is 3.97. The van der Waals surface area contributed by atoms with Crippen LogP contribution in [0.3, 0.4) is 0 Å². The van der Waals surface area contributed by atoms with Crippen molar-refractivity contribution >= 4 is 28.4 Å². The Balaban J connectivity index is 1.97. The normalized spacial score (nSPS) is 20.3. The molecule has 134 valence electrons. The van der Waals surface area contributed by atoms with E-state index in [9.17, 15) is 9.00 Å². The predicted octanol–water partition coefficient (Wildman–Crippen LogP) is 3.18. The number of urea groups is 1. The number of amides is 2. The first-order chi connectivity index (χ1) is 11.3. The maximum Gasteiger partial charge on any atom is 0.317 e. The number of benzene rings is 1. The Hall–Kier alpha value is -1.27. The molecular formula is C17H25ClN2O3S. The fourth-order valence-electron chi connectivity index (χ4n) is 2.55. The van der Waals surface area contributed by atoms with Gasteiger partial charge < -0.3 is 15.0 Å². The van der Waals surface area contributed by atoms with Crippen molar-refractivity contribution in [3.8, 4) is 5.75 Å². The van der Waals surface area contributed by atoms with Gasteiger partial charge in [-0.15, -0.1) is 0 Å². The first-order valence-corrected chi connectivity index (χ1v) is 9.85. The minimum Gasteiger partial charge on any atom is -0.493 e. The zero-order chi connectivity index (χ0) is 17.7. The van der Waals surface area contributed by atoms with Crippen LogP contribution in [0.15, 0.2) is 18.2 Å². The Labute approximate surface area is 151 Å². The number of hydrogen-bond donors (Lipinski definition) is 1. The maximum atomic E-state index is 12.4. The molecule has 1 fully saturated rings. The highest BCUT2D eigenvalue weighted by Crippen LogP contribution is 2.24. The molecule has 1 N–H and O–H groups in total. The Bertz CT molecular complexity index is 622. The number of carbonyl (C=O) groups excluding carboxylic acids is 1. The number of halogens is 1. The summed E-state index contributed by atoms with van der Waals surface area (Å²) in [5, 5.41) is 3.52. The molecule has 0 radical (unpaired) electrons. The van der Waals surface area contributed by atoms with Crippen LogP contribution in [0.5, 0.6) is 5.75 Å². The lowest BCUT2D eigenvalue weighted by Crippen LogP contribution is -2.41. The van der Waals surface area contributed by atoms with Crippen molar-refractivity contribution in [3.63, 3.8) is 0 Å². The minimum atomic E-state index is -0.910. The fraction of sp³-hybridized carbons (Fsp3) is 0.588. The van der Waals surface area contributed by atoms with E-state index in [-0.39, 0.29) is 10.8 Å². The zero-order valence-electron chi connectivity index (χ0n) is 14.4. The summed E-state index contributed by atoms with van der Waals surface area (Å²) in [5.74, 6) is 1.20. The second kappa shape index (κ2) is 8.21. The van der Waals surface area contributed by atoms with Crippen molar-refractivity contribution in [2.75, 3.05) is 25.4 Å². The first-order valence-electron chi connectivity index (χ1n) is 8.16. The number of nitrogens with one attached hydrogen (secondary N) is 1. The highest BCUT2D eigenvalue weighted by atomic mass is 35.5. The van der Waals surface area contributed by atoms with Crippen LogP contribution in [-0.4, -0.2) is 45.3 Å². The van der Waals surface area contributed by atoms with E-state index in [1.807, 2.05) is 26.8 Å². The van der Waals surface area contributed by atoms with Crippen LogP contribution in [0.2, 0.25) is 5.02 Å². The number of carbonyl (C=O) groups is 1. The van der Waals surface area contributed by atoms with Gasteiger partial charge >= 0.3 is 6.03 Å². The van der Waals surface area contributed by atoms with E-state index in [0.717, 1.165) is 12.0 Å². The zero-order valence-corrected chi connectivity index (χ0v) is 16.0. The first kappa shape index (κ1) is 19.1. The predicted molar refractivity (Wildman–Crippen MR) is 98.1 cm³/mol. The van der Waals surface area contributed by atoms with Crippen LogP contribution in [0.1, 0.15) is 32.8 Å². The molecule has 24 heavy (non-hydrogen) atoms. The molecule has 1 unspecified atom stereocenters. The summed E-state index contributed by atoms with van der Waals surface area (Å²) in [7, 11) is -0.910. The van der Waals surface area contributed by atoms with E-state index < -0.39 is 10.8 Å². The van der Waals surface area contributed by atoms with Crippen LogP contribution in [0.4, 0.5) is 4.79 Å². The molecule has 1 aliphatic heterocycles. The van der Waals surface area contributed by atoms with Crippen molar-refractivity contribution in [2.24, 2.45) is 0 Å². The van der Waals surface area contributed by atoms with E-state index >= 15 is 0 Å². The summed E-state index contributed by atoms with van der Waals surface area (Å²) in [6.07, 6.45) is 0.734. The van der Waals surface area contributed by atoms with Crippen LogP contribution >= 0.6 is 11.6 Å². The Morgan fingerprint density at radius 2 is 2.17 bits per heavy atom. The van der Waals surface area contributed by atoms with Crippen LogP contribution in [-0.2, 0) is 17.3 Å². The summed E-state index contributed by atoms with van der Waals surface area (Å²) in [5.41, 5.74) is 0.883. The maximum absolute atomic E-state index is 12.4. The van der Waals surface area contributed by atoms with Gasteiger partial charge in [0.15, 0.2) is 0 Å². The molecule has 1 saturated heterocycles. The van der Waals surface area contributed by atoms with Crippen molar-refractivity contribution in [1.29, 1.82) is 0 Å². The molecule has 1 aromatic carbocycles. The molecule has 0 bridgehead atoms.